The molecule has 0 bridgehead atoms. The van der Waals surface area contributed by atoms with Gasteiger partial charge in [-0.15, -0.1) is 0 Å². The maximum atomic E-state index is 12.3. The van der Waals surface area contributed by atoms with Crippen molar-refractivity contribution in [1.29, 1.82) is 5.26 Å². The van der Waals surface area contributed by atoms with Crippen molar-refractivity contribution >= 4 is 11.6 Å². The van der Waals surface area contributed by atoms with E-state index >= 15 is 0 Å². The molecule has 1 aliphatic rings. The Bertz CT molecular complexity index is 475. The molecule has 0 saturated carbocycles. The molecule has 0 N–H and O–H groups in total. The van der Waals surface area contributed by atoms with Crippen LogP contribution in [0, 0.1) is 17.2 Å². The summed E-state index contributed by atoms with van der Waals surface area (Å²) in [6.07, 6.45) is 1.45. The van der Waals surface area contributed by atoms with Gasteiger partial charge in [0, 0.05) is 11.7 Å². The van der Waals surface area contributed by atoms with Crippen LogP contribution in [0.5, 0.6) is 0 Å². The van der Waals surface area contributed by atoms with Gasteiger partial charge in [0.25, 0.3) is 0 Å². The van der Waals surface area contributed by atoms with Gasteiger partial charge >= 0.3 is 0 Å². The Morgan fingerprint density at radius 1 is 1.59 bits per heavy atom. The topological polar surface area (TPSA) is 44.1 Å². The molecule has 0 radical (unpaired) electrons. The highest BCUT2D eigenvalue weighted by Gasteiger charge is 2.33. The van der Waals surface area contributed by atoms with Gasteiger partial charge < -0.3 is 4.90 Å². The molecular formula is C14H16N2O. The Labute approximate surface area is 102 Å². The van der Waals surface area contributed by atoms with Gasteiger partial charge in [0.2, 0.25) is 5.91 Å². The number of nitrogens with zero attached hydrogens (tertiary/aromatic N) is 2. The maximum Gasteiger partial charge on any atom is 0.244 e. The van der Waals surface area contributed by atoms with Gasteiger partial charge in [-0.05, 0) is 31.4 Å². The molecule has 2 unspecified atom stereocenters. The summed E-state index contributed by atoms with van der Waals surface area (Å²) in [5.41, 5.74) is 2.17. The van der Waals surface area contributed by atoms with Gasteiger partial charge in [0.1, 0.15) is 5.92 Å². The molecule has 0 aromatic heterocycles. The molecule has 1 aromatic rings. The van der Waals surface area contributed by atoms with Crippen LogP contribution in [0.3, 0.4) is 0 Å². The average molecular weight is 228 g/mol. The molecule has 0 saturated heterocycles. The number of hydrogen-bond donors (Lipinski definition) is 0. The lowest BCUT2D eigenvalue weighted by atomic mass is 10.1. The molecule has 0 aliphatic carbocycles. The summed E-state index contributed by atoms with van der Waals surface area (Å²) < 4.78 is 0. The highest BCUT2D eigenvalue weighted by Crippen LogP contribution is 2.33. The third-order valence-corrected chi connectivity index (χ3v) is 3.31. The Morgan fingerprint density at radius 3 is 2.94 bits per heavy atom. The van der Waals surface area contributed by atoms with Crippen LogP contribution in [-0.2, 0) is 11.2 Å². The number of nitriles is 1. The van der Waals surface area contributed by atoms with E-state index in [1.807, 2.05) is 38.1 Å². The first-order chi connectivity index (χ1) is 8.19. The molecule has 1 aliphatic heterocycles. The summed E-state index contributed by atoms with van der Waals surface area (Å²) in [5.74, 6) is -0.587. The van der Waals surface area contributed by atoms with Crippen molar-refractivity contribution in [3.63, 3.8) is 0 Å². The zero-order valence-corrected chi connectivity index (χ0v) is 10.2. The second-order valence-electron chi connectivity index (χ2n) is 4.48. The van der Waals surface area contributed by atoms with Gasteiger partial charge in [-0.1, -0.05) is 25.1 Å². The number of fused-ring (bicyclic) bond motifs is 1. The quantitative estimate of drug-likeness (QED) is 0.780. The van der Waals surface area contributed by atoms with Crippen molar-refractivity contribution in [2.75, 3.05) is 4.90 Å². The largest absolute Gasteiger partial charge is 0.308 e. The van der Waals surface area contributed by atoms with Crippen LogP contribution in [0.25, 0.3) is 0 Å². The smallest absolute Gasteiger partial charge is 0.244 e. The van der Waals surface area contributed by atoms with E-state index in [9.17, 15) is 4.79 Å². The molecule has 1 heterocycles. The lowest BCUT2D eigenvalue weighted by Crippen LogP contribution is -2.39. The Balaban J connectivity index is 2.34. The first kappa shape index (κ1) is 11.7. The molecule has 3 nitrogen and oxygen atoms in total. The average Bonchev–Trinajstić information content (AvgIpc) is 2.66. The van der Waals surface area contributed by atoms with E-state index in [2.05, 4.69) is 6.07 Å². The van der Waals surface area contributed by atoms with E-state index in [0.717, 1.165) is 12.1 Å². The fourth-order valence-corrected chi connectivity index (χ4v) is 2.39. The summed E-state index contributed by atoms with van der Waals surface area (Å²) in [7, 11) is 0. The number of carbonyl (C=O) groups excluding carboxylic acids is 1. The zero-order chi connectivity index (χ0) is 12.4. The summed E-state index contributed by atoms with van der Waals surface area (Å²) in [6, 6.07) is 10.2. The standard InChI is InChI=1S/C14H16N2O/c1-3-11(9-15)14(17)16-10(2)8-12-6-4-5-7-13(12)16/h4-7,10-11H,3,8H2,1-2H3. The first-order valence-electron chi connectivity index (χ1n) is 5.99. The molecule has 17 heavy (non-hydrogen) atoms. The molecule has 2 rings (SSSR count). The Morgan fingerprint density at radius 2 is 2.29 bits per heavy atom. The third-order valence-electron chi connectivity index (χ3n) is 3.31. The number of amides is 1. The Hall–Kier alpha value is -1.82. The van der Waals surface area contributed by atoms with E-state index < -0.39 is 5.92 Å². The molecule has 0 fully saturated rings. The summed E-state index contributed by atoms with van der Waals surface area (Å²) in [6.45, 7) is 3.90. The minimum atomic E-state index is -0.524. The third kappa shape index (κ3) is 1.91. The first-order valence-corrected chi connectivity index (χ1v) is 5.99. The monoisotopic (exact) mass is 228 g/mol. The second-order valence-corrected chi connectivity index (χ2v) is 4.48. The number of hydrogen-bond acceptors (Lipinski definition) is 2. The minimum absolute atomic E-state index is 0.0625. The predicted molar refractivity (Wildman–Crippen MR) is 66.5 cm³/mol. The van der Waals surface area contributed by atoms with Crippen LogP contribution in [0.2, 0.25) is 0 Å². The lowest BCUT2D eigenvalue weighted by molar-refractivity contribution is -0.121. The highest BCUT2D eigenvalue weighted by atomic mass is 16.2. The summed E-state index contributed by atoms with van der Waals surface area (Å²) >= 11 is 0. The zero-order valence-electron chi connectivity index (χ0n) is 10.2. The minimum Gasteiger partial charge on any atom is -0.308 e. The van der Waals surface area contributed by atoms with Crippen LogP contribution in [0.1, 0.15) is 25.8 Å². The van der Waals surface area contributed by atoms with Gasteiger partial charge in [-0.3, -0.25) is 4.79 Å². The Kier molecular flexibility index (Phi) is 3.14. The highest BCUT2D eigenvalue weighted by molar-refractivity contribution is 5.98. The number of benzene rings is 1. The van der Waals surface area contributed by atoms with Crippen LogP contribution in [-0.4, -0.2) is 11.9 Å². The van der Waals surface area contributed by atoms with Crippen molar-refractivity contribution in [3.8, 4) is 6.07 Å². The number of para-hydroxylation sites is 1. The molecular weight excluding hydrogens is 212 g/mol. The maximum absolute atomic E-state index is 12.3. The van der Waals surface area contributed by atoms with Crippen LogP contribution < -0.4 is 4.90 Å². The van der Waals surface area contributed by atoms with Crippen molar-refractivity contribution in [2.45, 2.75) is 32.7 Å². The molecule has 0 spiro atoms. The van der Waals surface area contributed by atoms with Gasteiger partial charge in [0.05, 0.1) is 6.07 Å². The SMILES string of the molecule is CCC(C#N)C(=O)N1c2ccccc2CC1C. The van der Waals surface area contributed by atoms with Crippen LogP contribution in [0.15, 0.2) is 24.3 Å². The lowest BCUT2D eigenvalue weighted by Gasteiger charge is -2.24. The van der Waals surface area contributed by atoms with Crippen molar-refractivity contribution in [3.05, 3.63) is 29.8 Å². The summed E-state index contributed by atoms with van der Waals surface area (Å²) in [5, 5.41) is 8.99. The van der Waals surface area contributed by atoms with Crippen molar-refractivity contribution in [2.24, 2.45) is 5.92 Å². The molecule has 1 amide bonds. The van der Waals surface area contributed by atoms with Crippen LogP contribution in [0.4, 0.5) is 5.69 Å². The van der Waals surface area contributed by atoms with E-state index in [0.29, 0.717) is 6.42 Å². The molecule has 88 valence electrons. The fourth-order valence-electron chi connectivity index (χ4n) is 2.39. The van der Waals surface area contributed by atoms with E-state index in [1.165, 1.54) is 5.56 Å². The molecule has 1 aromatic carbocycles. The summed E-state index contributed by atoms with van der Waals surface area (Å²) in [4.78, 5) is 14.1. The van der Waals surface area contributed by atoms with Gasteiger partial charge in [0.15, 0.2) is 0 Å². The second kappa shape index (κ2) is 4.58. The van der Waals surface area contributed by atoms with Crippen molar-refractivity contribution < 1.29 is 4.79 Å². The van der Waals surface area contributed by atoms with Gasteiger partial charge in [-0.2, -0.15) is 5.26 Å². The molecule has 3 heteroatoms. The normalized spacial score (nSPS) is 19.6. The number of carbonyl (C=O) groups is 1. The van der Waals surface area contributed by atoms with Crippen LogP contribution >= 0.6 is 0 Å². The number of rotatable bonds is 2. The fraction of sp³-hybridized carbons (Fsp3) is 0.429. The van der Waals surface area contributed by atoms with Gasteiger partial charge in [-0.25, -0.2) is 0 Å². The molecule has 2 atom stereocenters. The van der Waals surface area contributed by atoms with E-state index in [4.69, 9.17) is 5.26 Å². The predicted octanol–water partition coefficient (Wildman–Crippen LogP) is 2.51. The van der Waals surface area contributed by atoms with Crippen molar-refractivity contribution in [1.82, 2.24) is 0 Å². The van der Waals surface area contributed by atoms with E-state index in [1.54, 1.807) is 4.90 Å². The van der Waals surface area contributed by atoms with E-state index in [-0.39, 0.29) is 11.9 Å². The number of anilines is 1.